The van der Waals surface area contributed by atoms with E-state index in [9.17, 15) is 14.0 Å². The highest BCUT2D eigenvalue weighted by molar-refractivity contribution is 6.02. The van der Waals surface area contributed by atoms with Crippen molar-refractivity contribution < 1.29 is 14.0 Å². The number of carbonyl (C=O) groups is 2. The van der Waals surface area contributed by atoms with Crippen LogP contribution >= 0.6 is 0 Å². The normalized spacial score (nSPS) is 20.9. The molecule has 19 heavy (non-hydrogen) atoms. The predicted molar refractivity (Wildman–Crippen MR) is 66.9 cm³/mol. The minimum atomic E-state index is -0.671. The molecule has 2 aliphatic rings. The first kappa shape index (κ1) is 12.1. The summed E-state index contributed by atoms with van der Waals surface area (Å²) in [5, 5.41) is 8.33. The second-order valence-electron chi connectivity index (χ2n) is 4.88. The Labute approximate surface area is 109 Å². The Balaban J connectivity index is 1.65. The van der Waals surface area contributed by atoms with Crippen LogP contribution in [-0.2, 0) is 9.59 Å². The van der Waals surface area contributed by atoms with Gasteiger partial charge in [0.15, 0.2) is 0 Å². The Morgan fingerprint density at radius 2 is 2.21 bits per heavy atom. The molecular formula is C13H14FN3O2. The molecule has 0 radical (unpaired) electrons. The SMILES string of the molecule is O=C(CNC1C(=O)Nc2ccc(F)cc21)NC1CC1. The zero-order chi connectivity index (χ0) is 13.4. The number of fused-ring (bicyclic) bond motifs is 1. The van der Waals surface area contributed by atoms with Crippen molar-refractivity contribution in [2.75, 3.05) is 11.9 Å². The number of hydrogen-bond donors (Lipinski definition) is 3. The van der Waals surface area contributed by atoms with Crippen molar-refractivity contribution in [3.8, 4) is 0 Å². The molecule has 6 heteroatoms. The first-order valence-corrected chi connectivity index (χ1v) is 6.26. The van der Waals surface area contributed by atoms with Crippen molar-refractivity contribution >= 4 is 17.5 Å². The molecule has 5 nitrogen and oxygen atoms in total. The monoisotopic (exact) mass is 263 g/mol. The molecule has 3 rings (SSSR count). The van der Waals surface area contributed by atoms with Gasteiger partial charge in [0.25, 0.3) is 0 Å². The molecule has 1 heterocycles. The molecule has 1 atom stereocenters. The zero-order valence-corrected chi connectivity index (χ0v) is 10.2. The molecule has 2 amide bonds. The van der Waals surface area contributed by atoms with Crippen LogP contribution in [0.3, 0.4) is 0 Å². The summed E-state index contributed by atoms with van der Waals surface area (Å²) < 4.78 is 13.2. The lowest BCUT2D eigenvalue weighted by Gasteiger charge is -2.11. The van der Waals surface area contributed by atoms with Gasteiger partial charge in [0.05, 0.1) is 6.54 Å². The van der Waals surface area contributed by atoms with Gasteiger partial charge in [0.1, 0.15) is 11.9 Å². The molecule has 0 saturated heterocycles. The van der Waals surface area contributed by atoms with Gasteiger partial charge < -0.3 is 10.6 Å². The summed E-state index contributed by atoms with van der Waals surface area (Å²) in [5.74, 6) is -0.801. The van der Waals surface area contributed by atoms with Crippen molar-refractivity contribution in [2.24, 2.45) is 0 Å². The van der Waals surface area contributed by atoms with Crippen LogP contribution in [0.1, 0.15) is 24.4 Å². The Kier molecular flexibility index (Phi) is 2.94. The van der Waals surface area contributed by atoms with Gasteiger partial charge in [-0.25, -0.2) is 4.39 Å². The van der Waals surface area contributed by atoms with E-state index in [1.807, 2.05) is 0 Å². The van der Waals surface area contributed by atoms with Crippen LogP contribution < -0.4 is 16.0 Å². The fourth-order valence-electron chi connectivity index (χ4n) is 2.14. The van der Waals surface area contributed by atoms with Gasteiger partial charge in [-0.15, -0.1) is 0 Å². The van der Waals surface area contributed by atoms with E-state index in [-0.39, 0.29) is 24.4 Å². The van der Waals surface area contributed by atoms with E-state index in [0.717, 1.165) is 12.8 Å². The maximum atomic E-state index is 13.2. The fourth-order valence-corrected chi connectivity index (χ4v) is 2.14. The largest absolute Gasteiger partial charge is 0.352 e. The third-order valence-electron chi connectivity index (χ3n) is 3.25. The van der Waals surface area contributed by atoms with E-state index < -0.39 is 11.9 Å². The van der Waals surface area contributed by atoms with Gasteiger partial charge in [-0.3, -0.25) is 14.9 Å². The van der Waals surface area contributed by atoms with E-state index in [4.69, 9.17) is 0 Å². The maximum Gasteiger partial charge on any atom is 0.246 e. The summed E-state index contributed by atoms with van der Waals surface area (Å²) in [4.78, 5) is 23.3. The van der Waals surface area contributed by atoms with E-state index in [0.29, 0.717) is 11.3 Å². The van der Waals surface area contributed by atoms with Crippen LogP contribution in [0.2, 0.25) is 0 Å². The second kappa shape index (κ2) is 4.62. The third-order valence-corrected chi connectivity index (χ3v) is 3.25. The van der Waals surface area contributed by atoms with Crippen molar-refractivity contribution in [3.05, 3.63) is 29.6 Å². The lowest BCUT2D eigenvalue weighted by atomic mass is 10.1. The summed E-state index contributed by atoms with van der Waals surface area (Å²) in [6, 6.07) is 3.74. The van der Waals surface area contributed by atoms with Crippen LogP contribution in [0.25, 0.3) is 0 Å². The quantitative estimate of drug-likeness (QED) is 0.748. The van der Waals surface area contributed by atoms with Crippen molar-refractivity contribution in [3.63, 3.8) is 0 Å². The molecule has 1 aliphatic carbocycles. The van der Waals surface area contributed by atoms with Crippen LogP contribution in [-0.4, -0.2) is 24.4 Å². The Morgan fingerprint density at radius 3 is 2.95 bits per heavy atom. The number of rotatable bonds is 4. The molecule has 0 aromatic heterocycles. The molecule has 1 saturated carbocycles. The number of hydrogen-bond acceptors (Lipinski definition) is 3. The van der Waals surface area contributed by atoms with Crippen LogP contribution in [0.15, 0.2) is 18.2 Å². The van der Waals surface area contributed by atoms with Gasteiger partial charge in [-0.2, -0.15) is 0 Å². The smallest absolute Gasteiger partial charge is 0.246 e. The topological polar surface area (TPSA) is 70.2 Å². The molecule has 1 fully saturated rings. The predicted octanol–water partition coefficient (Wildman–Crippen LogP) is 0.687. The Bertz CT molecular complexity index is 543. The van der Waals surface area contributed by atoms with Crippen molar-refractivity contribution in [2.45, 2.75) is 24.9 Å². The molecule has 100 valence electrons. The fraction of sp³-hybridized carbons (Fsp3) is 0.385. The highest BCUT2D eigenvalue weighted by Gasteiger charge is 2.31. The average Bonchev–Trinajstić information content (AvgIpc) is 3.11. The molecule has 3 N–H and O–H groups in total. The first-order chi connectivity index (χ1) is 9.13. The van der Waals surface area contributed by atoms with Gasteiger partial charge in [-0.1, -0.05) is 0 Å². The molecule has 0 bridgehead atoms. The number of benzene rings is 1. The molecular weight excluding hydrogens is 249 g/mol. The van der Waals surface area contributed by atoms with Gasteiger partial charge in [0, 0.05) is 17.3 Å². The standard InChI is InChI=1S/C13H14FN3O2/c14-7-1-4-10-9(5-7)12(13(19)17-10)15-6-11(18)16-8-2-3-8/h1,4-5,8,12,15H,2-3,6H2,(H,16,18)(H,17,19). The summed E-state index contributed by atoms with van der Waals surface area (Å²) >= 11 is 0. The summed E-state index contributed by atoms with van der Waals surface area (Å²) in [6.45, 7) is 0.0462. The molecule has 1 aliphatic heterocycles. The highest BCUT2D eigenvalue weighted by atomic mass is 19.1. The Hall–Kier alpha value is -1.95. The number of anilines is 1. The van der Waals surface area contributed by atoms with Gasteiger partial charge in [-0.05, 0) is 31.0 Å². The summed E-state index contributed by atoms with van der Waals surface area (Å²) in [7, 11) is 0. The minimum absolute atomic E-state index is 0.0462. The van der Waals surface area contributed by atoms with E-state index in [1.165, 1.54) is 18.2 Å². The van der Waals surface area contributed by atoms with E-state index in [2.05, 4.69) is 16.0 Å². The first-order valence-electron chi connectivity index (χ1n) is 6.26. The summed E-state index contributed by atoms with van der Waals surface area (Å²) in [6.07, 6.45) is 2.04. The van der Waals surface area contributed by atoms with Crippen molar-refractivity contribution in [1.82, 2.24) is 10.6 Å². The number of carbonyl (C=O) groups excluding carboxylic acids is 2. The highest BCUT2D eigenvalue weighted by Crippen LogP contribution is 2.31. The molecule has 1 aromatic carbocycles. The molecule has 1 aromatic rings. The molecule has 1 unspecified atom stereocenters. The minimum Gasteiger partial charge on any atom is -0.352 e. The average molecular weight is 263 g/mol. The van der Waals surface area contributed by atoms with E-state index in [1.54, 1.807) is 0 Å². The Morgan fingerprint density at radius 1 is 1.42 bits per heavy atom. The van der Waals surface area contributed by atoms with Gasteiger partial charge >= 0.3 is 0 Å². The van der Waals surface area contributed by atoms with Crippen LogP contribution in [0, 0.1) is 5.82 Å². The number of nitrogens with one attached hydrogen (secondary N) is 3. The number of halogens is 1. The van der Waals surface area contributed by atoms with Gasteiger partial charge in [0.2, 0.25) is 11.8 Å². The third kappa shape index (κ3) is 2.58. The maximum absolute atomic E-state index is 13.2. The lowest BCUT2D eigenvalue weighted by molar-refractivity contribution is -0.121. The molecule has 0 spiro atoms. The second-order valence-corrected chi connectivity index (χ2v) is 4.88. The lowest BCUT2D eigenvalue weighted by Crippen LogP contribution is -2.38. The number of amides is 2. The van der Waals surface area contributed by atoms with Crippen molar-refractivity contribution in [1.29, 1.82) is 0 Å². The zero-order valence-electron chi connectivity index (χ0n) is 10.2. The van der Waals surface area contributed by atoms with Crippen LogP contribution in [0.5, 0.6) is 0 Å². The summed E-state index contributed by atoms with van der Waals surface area (Å²) in [5.41, 5.74) is 1.13. The van der Waals surface area contributed by atoms with Crippen LogP contribution in [0.4, 0.5) is 10.1 Å². The van der Waals surface area contributed by atoms with E-state index >= 15 is 0 Å².